The van der Waals surface area contributed by atoms with Crippen molar-refractivity contribution in [2.24, 2.45) is 5.92 Å². The van der Waals surface area contributed by atoms with Gasteiger partial charge in [0.15, 0.2) is 19.7 Å². The van der Waals surface area contributed by atoms with Crippen LogP contribution in [0.5, 0.6) is 11.5 Å². The van der Waals surface area contributed by atoms with Crippen LogP contribution < -0.4 is 14.5 Å². The van der Waals surface area contributed by atoms with Crippen molar-refractivity contribution in [3.8, 4) is 11.5 Å². The third-order valence-corrected chi connectivity index (χ3v) is 14.4. The molecule has 12 heteroatoms. The van der Waals surface area contributed by atoms with E-state index in [4.69, 9.17) is 9.47 Å². The van der Waals surface area contributed by atoms with Crippen molar-refractivity contribution >= 4 is 59.0 Å². The number of rotatable bonds is 7. The fourth-order valence-electron chi connectivity index (χ4n) is 9.09. The van der Waals surface area contributed by atoms with Gasteiger partial charge in [-0.25, -0.2) is 0 Å². The first-order valence-electron chi connectivity index (χ1n) is 18.1. The molecule has 0 radical (unpaired) electrons. The number of aliphatic hydroxyl groups is 1. The Labute approximate surface area is 318 Å². The largest absolute Gasteiger partial charge is 0.454 e. The highest BCUT2D eigenvalue weighted by atomic mass is 79.9. The van der Waals surface area contributed by atoms with Crippen molar-refractivity contribution < 1.29 is 33.8 Å². The molecule has 0 bridgehead atoms. The summed E-state index contributed by atoms with van der Waals surface area (Å²) in [7, 11) is -3.00. The minimum atomic E-state index is -3.00. The Bertz CT molecular complexity index is 2120. The fourth-order valence-corrected chi connectivity index (χ4v) is 12.0. The number of carbonyl (C=O) groups excluding carboxylic acids is 3. The molecule has 8 rings (SSSR count). The standard InChI is InChI=1S/C41H42BrN3O7Si/c1-25-38(53(2,3)50)36(22-37(47)43-19-9-12-29(43)24-46)52-41(25)31-21-27(42)17-18-32(31)44(40(41)49)23-26-10-8-11-28(20-26)45-33-14-5-7-16-35(33)51-34-15-6-4-13-30(34)39(45)48/h4-8,10-11,13-18,20-21,25,29,36,38,46,50H,9,12,19,22-24H2,1-3H3/t25-,29+,36+,38-,41+/m1/s1. The van der Waals surface area contributed by atoms with Crippen LogP contribution in [0.4, 0.5) is 17.1 Å². The molecule has 4 aromatic carbocycles. The van der Waals surface area contributed by atoms with Gasteiger partial charge >= 0.3 is 0 Å². The first-order valence-corrected chi connectivity index (χ1v) is 22.0. The molecule has 4 aliphatic heterocycles. The number of hydrogen-bond donors (Lipinski definition) is 2. The first-order chi connectivity index (χ1) is 25.4. The van der Waals surface area contributed by atoms with Crippen LogP contribution in [0.15, 0.2) is 95.5 Å². The lowest BCUT2D eigenvalue weighted by atomic mass is 9.82. The normalized spacial score (nSPS) is 25.0. The second kappa shape index (κ2) is 13.5. The van der Waals surface area contributed by atoms with E-state index >= 15 is 4.79 Å². The number of amides is 3. The number of benzene rings is 4. The highest BCUT2D eigenvalue weighted by Crippen LogP contribution is 2.60. The number of carbonyl (C=O) groups is 3. The van der Waals surface area contributed by atoms with Gasteiger partial charge in [-0.05, 0) is 86.1 Å². The summed E-state index contributed by atoms with van der Waals surface area (Å²) < 4.78 is 13.9. The van der Waals surface area contributed by atoms with Gasteiger partial charge in [-0.1, -0.05) is 59.3 Å². The molecule has 0 aromatic heterocycles. The van der Waals surface area contributed by atoms with Crippen LogP contribution in [0.3, 0.4) is 0 Å². The van der Waals surface area contributed by atoms with E-state index in [-0.39, 0.29) is 43.3 Å². The van der Waals surface area contributed by atoms with E-state index in [0.29, 0.717) is 46.2 Å². The number of fused-ring (bicyclic) bond motifs is 4. The van der Waals surface area contributed by atoms with Gasteiger partial charge in [0.25, 0.3) is 11.8 Å². The molecule has 0 aliphatic carbocycles. The van der Waals surface area contributed by atoms with E-state index in [9.17, 15) is 19.5 Å². The van der Waals surface area contributed by atoms with Crippen molar-refractivity contribution in [1.29, 1.82) is 0 Å². The van der Waals surface area contributed by atoms with E-state index < -0.39 is 31.5 Å². The lowest BCUT2D eigenvalue weighted by molar-refractivity contribution is -0.150. The average molecular weight is 797 g/mol. The predicted octanol–water partition coefficient (Wildman–Crippen LogP) is 7.25. The molecule has 0 saturated carbocycles. The molecule has 3 amide bonds. The minimum absolute atomic E-state index is 0.0150. The number of ether oxygens (including phenoxy) is 2. The highest BCUT2D eigenvalue weighted by molar-refractivity contribution is 9.10. The molecule has 2 saturated heterocycles. The molecule has 4 aromatic rings. The molecule has 10 nitrogen and oxygen atoms in total. The SMILES string of the molecule is C[C@@H]1[C@@H]([Si](C)(C)O)[C@H](CC(=O)N2CCC[C@H]2CO)O[C@@]12C(=O)N(Cc1cccc(N3C(=O)c4ccccc4Oc4ccccc43)c1)c1ccc(Br)cc12. The number of anilines is 3. The monoisotopic (exact) mass is 795 g/mol. The Morgan fingerprint density at radius 2 is 1.72 bits per heavy atom. The lowest BCUT2D eigenvalue weighted by Crippen LogP contribution is -2.46. The second-order valence-corrected chi connectivity index (χ2v) is 19.9. The van der Waals surface area contributed by atoms with Crippen LogP contribution in [0.25, 0.3) is 0 Å². The quantitative estimate of drug-likeness (QED) is 0.189. The molecule has 53 heavy (non-hydrogen) atoms. The summed E-state index contributed by atoms with van der Waals surface area (Å²) in [5.74, 6) is -0.0356. The number of para-hydroxylation sites is 3. The Morgan fingerprint density at radius 1 is 0.962 bits per heavy atom. The van der Waals surface area contributed by atoms with Crippen molar-refractivity contribution in [3.05, 3.63) is 112 Å². The summed E-state index contributed by atoms with van der Waals surface area (Å²) in [5.41, 5.74) is 1.99. The summed E-state index contributed by atoms with van der Waals surface area (Å²) in [6.45, 7) is 6.31. The summed E-state index contributed by atoms with van der Waals surface area (Å²) in [6, 6.07) is 27.7. The number of nitrogens with zero attached hydrogens (tertiary/aromatic N) is 3. The molecule has 4 heterocycles. The average Bonchev–Trinajstić information content (AvgIpc) is 3.77. The maximum Gasteiger partial charge on any atom is 0.266 e. The predicted molar refractivity (Wildman–Crippen MR) is 207 cm³/mol. The zero-order chi connectivity index (χ0) is 37.2. The molecule has 4 aliphatic rings. The van der Waals surface area contributed by atoms with Crippen molar-refractivity contribution in [2.75, 3.05) is 23.0 Å². The van der Waals surface area contributed by atoms with Crippen LogP contribution in [0.2, 0.25) is 18.6 Å². The van der Waals surface area contributed by atoms with Crippen LogP contribution in [-0.2, 0) is 26.5 Å². The van der Waals surface area contributed by atoms with Crippen molar-refractivity contribution in [1.82, 2.24) is 4.90 Å². The Kier molecular flexibility index (Phi) is 9.09. The van der Waals surface area contributed by atoms with Gasteiger partial charge < -0.3 is 29.2 Å². The van der Waals surface area contributed by atoms with E-state index in [0.717, 1.165) is 22.9 Å². The molecule has 0 unspecified atom stereocenters. The van der Waals surface area contributed by atoms with Crippen molar-refractivity contribution in [2.45, 2.75) is 69.1 Å². The van der Waals surface area contributed by atoms with Gasteiger partial charge in [-0.2, -0.15) is 0 Å². The van der Waals surface area contributed by atoms with Crippen LogP contribution in [0.1, 0.15) is 47.7 Å². The highest BCUT2D eigenvalue weighted by Gasteiger charge is 2.66. The molecule has 2 fully saturated rings. The zero-order valence-electron chi connectivity index (χ0n) is 29.9. The lowest BCUT2D eigenvalue weighted by Gasteiger charge is -2.33. The van der Waals surface area contributed by atoms with Gasteiger partial charge in [0.2, 0.25) is 5.91 Å². The Morgan fingerprint density at radius 3 is 2.49 bits per heavy atom. The maximum absolute atomic E-state index is 15.1. The number of aliphatic hydroxyl groups excluding tert-OH is 1. The van der Waals surface area contributed by atoms with Gasteiger partial charge in [-0.3, -0.25) is 19.3 Å². The first kappa shape index (κ1) is 35.7. The van der Waals surface area contributed by atoms with E-state index in [1.807, 2.05) is 98.9 Å². The van der Waals surface area contributed by atoms with Crippen LogP contribution in [0, 0.1) is 5.92 Å². The Hall–Kier alpha value is -4.33. The maximum atomic E-state index is 15.1. The zero-order valence-corrected chi connectivity index (χ0v) is 32.5. The Balaban J connectivity index is 1.15. The van der Waals surface area contributed by atoms with E-state index in [2.05, 4.69) is 15.9 Å². The number of halogens is 1. The topological polar surface area (TPSA) is 120 Å². The summed E-state index contributed by atoms with van der Waals surface area (Å²) in [4.78, 5) is 59.7. The van der Waals surface area contributed by atoms with Gasteiger partial charge in [0.1, 0.15) is 5.75 Å². The molecule has 5 atom stereocenters. The third kappa shape index (κ3) is 5.91. The molecular formula is C41H42BrN3O7Si. The fraction of sp³-hybridized carbons (Fsp3) is 0.341. The van der Waals surface area contributed by atoms with Gasteiger partial charge in [0.05, 0.1) is 48.7 Å². The summed E-state index contributed by atoms with van der Waals surface area (Å²) in [6.07, 6.45) is 0.888. The summed E-state index contributed by atoms with van der Waals surface area (Å²) >= 11 is 3.62. The molecule has 2 N–H and O–H groups in total. The smallest absolute Gasteiger partial charge is 0.266 e. The number of hydrogen-bond acceptors (Lipinski definition) is 7. The second-order valence-electron chi connectivity index (χ2n) is 15.1. The number of likely N-dealkylation sites (tertiary alicyclic amines) is 1. The van der Waals surface area contributed by atoms with Gasteiger partial charge in [-0.15, -0.1) is 0 Å². The van der Waals surface area contributed by atoms with Crippen LogP contribution >= 0.6 is 15.9 Å². The van der Waals surface area contributed by atoms with Crippen LogP contribution in [-0.4, -0.2) is 66.1 Å². The van der Waals surface area contributed by atoms with Crippen molar-refractivity contribution in [3.63, 3.8) is 0 Å². The molecule has 1 spiro atoms. The van der Waals surface area contributed by atoms with E-state index in [1.165, 1.54) is 0 Å². The van der Waals surface area contributed by atoms with Gasteiger partial charge in [0, 0.05) is 33.7 Å². The molecular weight excluding hydrogens is 754 g/mol. The summed E-state index contributed by atoms with van der Waals surface area (Å²) in [5, 5.41) is 9.92. The van der Waals surface area contributed by atoms with E-state index in [1.54, 1.807) is 26.8 Å². The minimum Gasteiger partial charge on any atom is -0.454 e. The molecule has 274 valence electrons. The third-order valence-electron chi connectivity index (χ3n) is 11.4.